The molecule has 2 saturated heterocycles. The second-order valence-corrected chi connectivity index (χ2v) is 9.27. The number of halogens is 2. The molecule has 5 rings (SSSR count). The molecule has 3 heterocycles. The Morgan fingerprint density at radius 2 is 2.03 bits per heavy atom. The number of pyridine rings is 1. The molecule has 2 aromatic rings. The molecular formula is C23H26ClFN2O2. The van der Waals surface area contributed by atoms with Crippen molar-refractivity contribution >= 4 is 11.6 Å². The number of fused-ring (bicyclic) bond motifs is 3. The van der Waals surface area contributed by atoms with E-state index in [9.17, 15) is 14.6 Å². The summed E-state index contributed by atoms with van der Waals surface area (Å²) in [6.45, 7) is 0.877. The van der Waals surface area contributed by atoms with Crippen molar-refractivity contribution in [3.63, 3.8) is 0 Å². The summed E-state index contributed by atoms with van der Waals surface area (Å²) >= 11 is 6.30. The van der Waals surface area contributed by atoms with E-state index in [1.165, 1.54) is 12.1 Å². The van der Waals surface area contributed by atoms with Gasteiger partial charge in [0.15, 0.2) is 0 Å². The summed E-state index contributed by atoms with van der Waals surface area (Å²) in [4.78, 5) is 6.81. The molecule has 6 heteroatoms. The molecule has 3 aliphatic rings. The second kappa shape index (κ2) is 7.62. The maximum absolute atomic E-state index is 13.5. The molecule has 0 amide bonds. The number of aromatic nitrogens is 1. The quantitative estimate of drug-likeness (QED) is 0.797. The minimum absolute atomic E-state index is 0.0567. The molecule has 1 aromatic heterocycles. The van der Waals surface area contributed by atoms with E-state index in [1.54, 1.807) is 12.3 Å². The third-order valence-corrected chi connectivity index (χ3v) is 7.49. The lowest BCUT2D eigenvalue weighted by Crippen LogP contribution is -2.52. The summed E-state index contributed by atoms with van der Waals surface area (Å²) in [7, 11) is 0. The minimum atomic E-state index is -0.515. The third kappa shape index (κ3) is 3.48. The lowest BCUT2D eigenvalue weighted by atomic mass is 9.80. The van der Waals surface area contributed by atoms with Gasteiger partial charge in [0.25, 0.3) is 0 Å². The zero-order valence-corrected chi connectivity index (χ0v) is 17.0. The van der Waals surface area contributed by atoms with Crippen LogP contribution in [0.2, 0.25) is 5.02 Å². The summed E-state index contributed by atoms with van der Waals surface area (Å²) in [6.07, 6.45) is 5.20. The van der Waals surface area contributed by atoms with Gasteiger partial charge in [0.05, 0.1) is 17.9 Å². The number of aliphatic hydroxyl groups excluding tert-OH is 2. The van der Waals surface area contributed by atoms with Crippen molar-refractivity contribution in [2.75, 3.05) is 6.54 Å². The number of nitrogens with zero attached hydrogens (tertiary/aromatic N) is 2. The van der Waals surface area contributed by atoms with Crippen LogP contribution in [0.25, 0.3) is 0 Å². The average molecular weight is 417 g/mol. The SMILES string of the molecule is O[C@H]1C[C@H](CN2C3CCC2[C@H](O)[C@@H](c2ccc(F)cc2Cl)C3)Cc2cccnc21. The monoisotopic (exact) mass is 416 g/mol. The lowest BCUT2D eigenvalue weighted by molar-refractivity contribution is -0.0150. The van der Waals surface area contributed by atoms with Crippen molar-refractivity contribution in [2.24, 2.45) is 5.92 Å². The van der Waals surface area contributed by atoms with Crippen molar-refractivity contribution < 1.29 is 14.6 Å². The first-order chi connectivity index (χ1) is 14.0. The Labute approximate surface area is 175 Å². The van der Waals surface area contributed by atoms with E-state index in [2.05, 4.69) is 16.0 Å². The molecule has 2 bridgehead atoms. The molecular weight excluding hydrogens is 391 g/mol. The molecule has 0 spiro atoms. The van der Waals surface area contributed by atoms with Gasteiger partial charge in [-0.05, 0) is 67.3 Å². The van der Waals surface area contributed by atoms with Gasteiger partial charge >= 0.3 is 0 Å². The number of piperidine rings is 1. The first-order valence-electron chi connectivity index (χ1n) is 10.5. The first-order valence-corrected chi connectivity index (χ1v) is 10.9. The van der Waals surface area contributed by atoms with Gasteiger partial charge in [-0.1, -0.05) is 23.7 Å². The van der Waals surface area contributed by atoms with Crippen LogP contribution >= 0.6 is 11.6 Å². The molecule has 1 aromatic carbocycles. The van der Waals surface area contributed by atoms with Gasteiger partial charge in [0.2, 0.25) is 0 Å². The lowest BCUT2D eigenvalue weighted by Gasteiger charge is -2.45. The van der Waals surface area contributed by atoms with Crippen LogP contribution in [0.4, 0.5) is 4.39 Å². The molecule has 0 radical (unpaired) electrons. The van der Waals surface area contributed by atoms with Crippen LogP contribution in [0.1, 0.15) is 54.5 Å². The fraction of sp³-hybridized carbons (Fsp3) is 0.522. The Kier molecular flexibility index (Phi) is 5.11. The second-order valence-electron chi connectivity index (χ2n) is 8.86. The van der Waals surface area contributed by atoms with Crippen molar-refractivity contribution in [1.82, 2.24) is 9.88 Å². The third-order valence-electron chi connectivity index (χ3n) is 7.16. The minimum Gasteiger partial charge on any atom is -0.391 e. The Bertz CT molecular complexity index is 910. The molecule has 0 saturated carbocycles. The smallest absolute Gasteiger partial charge is 0.124 e. The van der Waals surface area contributed by atoms with E-state index >= 15 is 0 Å². The highest BCUT2D eigenvalue weighted by Gasteiger charge is 2.48. The number of aliphatic hydroxyl groups is 2. The van der Waals surface area contributed by atoms with Crippen molar-refractivity contribution in [3.05, 3.63) is 64.2 Å². The predicted molar refractivity (Wildman–Crippen MR) is 109 cm³/mol. The van der Waals surface area contributed by atoms with Crippen LogP contribution in [0.5, 0.6) is 0 Å². The Morgan fingerprint density at radius 1 is 1.17 bits per heavy atom. The van der Waals surface area contributed by atoms with E-state index < -0.39 is 12.2 Å². The predicted octanol–water partition coefficient (Wildman–Crippen LogP) is 3.85. The summed E-state index contributed by atoms with van der Waals surface area (Å²) < 4.78 is 13.5. The summed E-state index contributed by atoms with van der Waals surface area (Å²) in [5.41, 5.74) is 2.80. The van der Waals surface area contributed by atoms with Gasteiger partial charge in [0, 0.05) is 35.8 Å². The number of hydrogen-bond donors (Lipinski definition) is 2. The van der Waals surface area contributed by atoms with Gasteiger partial charge < -0.3 is 10.2 Å². The van der Waals surface area contributed by atoms with Crippen LogP contribution in [-0.4, -0.2) is 44.8 Å². The van der Waals surface area contributed by atoms with Crippen molar-refractivity contribution in [1.29, 1.82) is 0 Å². The summed E-state index contributed by atoms with van der Waals surface area (Å²) in [5.74, 6) is -0.0547. The topological polar surface area (TPSA) is 56.6 Å². The standard InChI is InChI=1S/C23H26ClFN2O2/c24-19-10-15(25)3-5-17(19)18-11-16-4-6-20(23(18)29)27(16)12-13-8-14-2-1-7-26-22(14)21(28)9-13/h1-3,5,7,10,13,16,18,20-21,23,28-29H,4,6,8-9,11-12H2/t13-,16?,18-,20?,21+,23-/m1/s1. The van der Waals surface area contributed by atoms with E-state index in [4.69, 9.17) is 11.6 Å². The van der Waals surface area contributed by atoms with Gasteiger partial charge in [-0.3, -0.25) is 9.88 Å². The molecule has 6 atom stereocenters. The van der Waals surface area contributed by atoms with Crippen molar-refractivity contribution in [2.45, 2.75) is 62.3 Å². The number of hydrogen-bond acceptors (Lipinski definition) is 4. The van der Waals surface area contributed by atoms with Crippen LogP contribution < -0.4 is 0 Å². The molecule has 154 valence electrons. The molecule has 29 heavy (non-hydrogen) atoms. The van der Waals surface area contributed by atoms with Gasteiger partial charge in [-0.15, -0.1) is 0 Å². The highest BCUT2D eigenvalue weighted by molar-refractivity contribution is 6.31. The summed E-state index contributed by atoms with van der Waals surface area (Å²) in [5, 5.41) is 22.1. The van der Waals surface area contributed by atoms with Gasteiger partial charge in [-0.2, -0.15) is 0 Å². The molecule has 2 fully saturated rings. The maximum Gasteiger partial charge on any atom is 0.124 e. The molecule has 2 unspecified atom stereocenters. The fourth-order valence-corrected chi connectivity index (χ4v) is 6.17. The fourth-order valence-electron chi connectivity index (χ4n) is 5.87. The average Bonchev–Trinajstić information content (AvgIpc) is 2.99. The Balaban J connectivity index is 1.33. The van der Waals surface area contributed by atoms with E-state index in [-0.39, 0.29) is 17.8 Å². The van der Waals surface area contributed by atoms with Crippen LogP contribution in [0.3, 0.4) is 0 Å². The maximum atomic E-state index is 13.5. The highest BCUT2D eigenvalue weighted by atomic mass is 35.5. The normalized spacial score (nSPS) is 34.2. The van der Waals surface area contributed by atoms with Crippen LogP contribution in [0.15, 0.2) is 36.5 Å². The molecule has 1 aliphatic carbocycles. The highest BCUT2D eigenvalue weighted by Crippen LogP contribution is 2.46. The zero-order chi connectivity index (χ0) is 20.1. The Morgan fingerprint density at radius 3 is 2.86 bits per heavy atom. The van der Waals surface area contributed by atoms with Crippen molar-refractivity contribution in [3.8, 4) is 0 Å². The van der Waals surface area contributed by atoms with Crippen LogP contribution in [-0.2, 0) is 6.42 Å². The number of benzene rings is 1. The van der Waals surface area contributed by atoms with E-state index in [0.717, 1.165) is 49.0 Å². The largest absolute Gasteiger partial charge is 0.391 e. The number of rotatable bonds is 3. The molecule has 4 nitrogen and oxygen atoms in total. The van der Waals surface area contributed by atoms with E-state index in [0.29, 0.717) is 23.4 Å². The Hall–Kier alpha value is -1.53. The van der Waals surface area contributed by atoms with Gasteiger partial charge in [-0.25, -0.2) is 4.39 Å². The first kappa shape index (κ1) is 19.4. The van der Waals surface area contributed by atoms with Gasteiger partial charge in [0.1, 0.15) is 5.82 Å². The van der Waals surface area contributed by atoms with Crippen LogP contribution in [0, 0.1) is 11.7 Å². The summed E-state index contributed by atoms with van der Waals surface area (Å²) in [6, 6.07) is 8.96. The molecule has 2 N–H and O–H groups in total. The molecule has 2 aliphatic heterocycles. The zero-order valence-electron chi connectivity index (χ0n) is 16.2. The van der Waals surface area contributed by atoms with E-state index in [1.807, 2.05) is 6.07 Å².